The van der Waals surface area contributed by atoms with Gasteiger partial charge in [0.1, 0.15) is 11.9 Å². The van der Waals surface area contributed by atoms with E-state index in [1.54, 1.807) is 0 Å². The largest absolute Gasteiger partial charge is 0.488 e. The molecule has 2 nitrogen and oxygen atoms in total. The molecule has 0 aromatic heterocycles. The maximum absolute atomic E-state index is 6.06. The van der Waals surface area contributed by atoms with E-state index in [4.69, 9.17) is 22.1 Å². The Labute approximate surface area is 89.0 Å². The zero-order valence-corrected chi connectivity index (χ0v) is 8.92. The van der Waals surface area contributed by atoms with E-state index in [9.17, 15) is 0 Å². The standard InChI is InChI=1S/C11H14ClNO/c1-2-3-10-11(13)8-6-7(12)4-5-9(8)14-10/h4-6,10-11H,2-3,13H2,1H3. The number of ether oxygens (including phenoxy) is 1. The lowest BCUT2D eigenvalue weighted by molar-refractivity contribution is 0.195. The first-order chi connectivity index (χ1) is 6.72. The summed E-state index contributed by atoms with van der Waals surface area (Å²) >= 11 is 5.90. The normalized spacial score (nSPS) is 24.5. The van der Waals surface area contributed by atoms with Crippen LogP contribution in [0.15, 0.2) is 18.2 Å². The van der Waals surface area contributed by atoms with E-state index in [1.807, 2.05) is 18.2 Å². The second-order valence-corrected chi connectivity index (χ2v) is 4.09. The Morgan fingerprint density at radius 2 is 2.29 bits per heavy atom. The summed E-state index contributed by atoms with van der Waals surface area (Å²) in [6.07, 6.45) is 2.20. The highest BCUT2D eigenvalue weighted by Gasteiger charge is 2.30. The molecule has 0 fully saturated rings. The minimum atomic E-state index is -0.0244. The first-order valence-electron chi connectivity index (χ1n) is 4.94. The first-order valence-corrected chi connectivity index (χ1v) is 5.32. The predicted octanol–water partition coefficient (Wildman–Crippen LogP) is 2.90. The number of nitrogens with two attached hydrogens (primary N) is 1. The van der Waals surface area contributed by atoms with E-state index in [-0.39, 0.29) is 12.1 Å². The van der Waals surface area contributed by atoms with E-state index in [1.165, 1.54) is 0 Å². The fraction of sp³-hybridized carbons (Fsp3) is 0.455. The summed E-state index contributed by atoms with van der Waals surface area (Å²) in [5.74, 6) is 0.889. The number of halogens is 1. The molecule has 0 amide bonds. The topological polar surface area (TPSA) is 35.2 Å². The lowest BCUT2D eigenvalue weighted by atomic mass is 10.0. The van der Waals surface area contributed by atoms with Crippen LogP contribution in [0.3, 0.4) is 0 Å². The molecule has 0 saturated carbocycles. The van der Waals surface area contributed by atoms with Crippen LogP contribution in [0, 0.1) is 0 Å². The fourth-order valence-electron chi connectivity index (χ4n) is 1.85. The zero-order chi connectivity index (χ0) is 10.1. The molecular weight excluding hydrogens is 198 g/mol. The summed E-state index contributed by atoms with van der Waals surface area (Å²) in [5.41, 5.74) is 7.10. The molecule has 1 heterocycles. The van der Waals surface area contributed by atoms with Gasteiger partial charge in [0, 0.05) is 10.6 Å². The average Bonchev–Trinajstić information content (AvgIpc) is 2.46. The molecule has 14 heavy (non-hydrogen) atoms. The van der Waals surface area contributed by atoms with Crippen molar-refractivity contribution in [3.63, 3.8) is 0 Å². The van der Waals surface area contributed by atoms with Gasteiger partial charge >= 0.3 is 0 Å². The van der Waals surface area contributed by atoms with Gasteiger partial charge < -0.3 is 10.5 Å². The van der Waals surface area contributed by atoms with Crippen molar-refractivity contribution in [3.8, 4) is 5.75 Å². The van der Waals surface area contributed by atoms with E-state index in [0.717, 1.165) is 29.2 Å². The zero-order valence-electron chi connectivity index (χ0n) is 8.16. The number of hydrogen-bond donors (Lipinski definition) is 1. The number of benzene rings is 1. The molecule has 2 N–H and O–H groups in total. The van der Waals surface area contributed by atoms with Crippen molar-refractivity contribution in [2.24, 2.45) is 5.73 Å². The molecular formula is C11H14ClNO. The van der Waals surface area contributed by atoms with Gasteiger partial charge in [0.25, 0.3) is 0 Å². The van der Waals surface area contributed by atoms with Gasteiger partial charge in [-0.3, -0.25) is 0 Å². The Bertz CT molecular complexity index is 340. The van der Waals surface area contributed by atoms with Gasteiger partial charge in [0.05, 0.1) is 6.04 Å². The molecule has 2 rings (SSSR count). The van der Waals surface area contributed by atoms with Crippen LogP contribution in [0.1, 0.15) is 31.4 Å². The Hall–Kier alpha value is -0.730. The van der Waals surface area contributed by atoms with Gasteiger partial charge in [0.15, 0.2) is 0 Å². The smallest absolute Gasteiger partial charge is 0.124 e. The third-order valence-electron chi connectivity index (χ3n) is 2.58. The van der Waals surface area contributed by atoms with Gasteiger partial charge in [-0.25, -0.2) is 0 Å². The predicted molar refractivity (Wildman–Crippen MR) is 57.7 cm³/mol. The van der Waals surface area contributed by atoms with Crippen molar-refractivity contribution in [1.82, 2.24) is 0 Å². The quantitative estimate of drug-likeness (QED) is 0.817. The fourth-order valence-corrected chi connectivity index (χ4v) is 2.03. The molecule has 0 radical (unpaired) electrons. The van der Waals surface area contributed by atoms with Gasteiger partial charge in [-0.2, -0.15) is 0 Å². The molecule has 0 aliphatic carbocycles. The van der Waals surface area contributed by atoms with Crippen molar-refractivity contribution in [1.29, 1.82) is 0 Å². The average molecular weight is 212 g/mol. The third kappa shape index (κ3) is 1.60. The molecule has 3 heteroatoms. The van der Waals surface area contributed by atoms with Crippen LogP contribution < -0.4 is 10.5 Å². The number of fused-ring (bicyclic) bond motifs is 1. The molecule has 2 unspecified atom stereocenters. The Kier molecular flexibility index (Phi) is 2.66. The molecule has 0 spiro atoms. The van der Waals surface area contributed by atoms with Crippen LogP contribution in [0.4, 0.5) is 0 Å². The van der Waals surface area contributed by atoms with Crippen LogP contribution in [-0.4, -0.2) is 6.10 Å². The van der Waals surface area contributed by atoms with E-state index in [2.05, 4.69) is 6.92 Å². The highest BCUT2D eigenvalue weighted by molar-refractivity contribution is 6.30. The maximum Gasteiger partial charge on any atom is 0.124 e. The first kappa shape index (κ1) is 9.81. The lowest BCUT2D eigenvalue weighted by Gasteiger charge is -2.13. The summed E-state index contributed by atoms with van der Waals surface area (Å²) in [5, 5.41) is 0.722. The SMILES string of the molecule is CCCC1Oc2ccc(Cl)cc2C1N. The molecule has 1 aliphatic rings. The summed E-state index contributed by atoms with van der Waals surface area (Å²) < 4.78 is 5.73. The van der Waals surface area contributed by atoms with Gasteiger partial charge in [-0.05, 0) is 24.6 Å². The monoisotopic (exact) mass is 211 g/mol. The molecule has 0 saturated heterocycles. The van der Waals surface area contributed by atoms with Gasteiger partial charge in [-0.15, -0.1) is 0 Å². The van der Waals surface area contributed by atoms with Crippen molar-refractivity contribution >= 4 is 11.6 Å². The molecule has 0 bridgehead atoms. The minimum absolute atomic E-state index is 0.0244. The van der Waals surface area contributed by atoms with Crippen LogP contribution in [0.25, 0.3) is 0 Å². The summed E-state index contributed by atoms with van der Waals surface area (Å²) in [4.78, 5) is 0. The van der Waals surface area contributed by atoms with Crippen molar-refractivity contribution in [3.05, 3.63) is 28.8 Å². The summed E-state index contributed by atoms with van der Waals surface area (Å²) in [6.45, 7) is 2.13. The highest BCUT2D eigenvalue weighted by atomic mass is 35.5. The van der Waals surface area contributed by atoms with Crippen molar-refractivity contribution < 1.29 is 4.74 Å². The van der Waals surface area contributed by atoms with Gasteiger partial charge in [0.2, 0.25) is 0 Å². The maximum atomic E-state index is 6.06. The highest BCUT2D eigenvalue weighted by Crippen LogP contribution is 2.38. The summed E-state index contributed by atoms with van der Waals surface area (Å²) in [6, 6.07) is 5.61. The summed E-state index contributed by atoms with van der Waals surface area (Å²) in [7, 11) is 0. The van der Waals surface area contributed by atoms with Crippen LogP contribution >= 0.6 is 11.6 Å². The Morgan fingerprint density at radius 1 is 1.50 bits per heavy atom. The Morgan fingerprint density at radius 3 is 3.00 bits per heavy atom. The van der Waals surface area contributed by atoms with E-state index < -0.39 is 0 Å². The Balaban J connectivity index is 2.27. The minimum Gasteiger partial charge on any atom is -0.488 e. The third-order valence-corrected chi connectivity index (χ3v) is 2.82. The number of hydrogen-bond acceptors (Lipinski definition) is 2. The van der Waals surface area contributed by atoms with E-state index >= 15 is 0 Å². The van der Waals surface area contributed by atoms with Gasteiger partial charge in [-0.1, -0.05) is 24.9 Å². The molecule has 2 atom stereocenters. The van der Waals surface area contributed by atoms with Crippen molar-refractivity contribution in [2.75, 3.05) is 0 Å². The van der Waals surface area contributed by atoms with Crippen LogP contribution in [0.5, 0.6) is 5.75 Å². The second-order valence-electron chi connectivity index (χ2n) is 3.65. The molecule has 76 valence electrons. The molecule has 1 aliphatic heterocycles. The molecule has 1 aromatic carbocycles. The lowest BCUT2D eigenvalue weighted by Crippen LogP contribution is -2.24. The van der Waals surface area contributed by atoms with E-state index in [0.29, 0.717) is 0 Å². The molecule has 1 aromatic rings. The van der Waals surface area contributed by atoms with Crippen molar-refractivity contribution in [2.45, 2.75) is 31.9 Å². The second kappa shape index (κ2) is 3.79. The number of rotatable bonds is 2. The van der Waals surface area contributed by atoms with Crippen LogP contribution in [-0.2, 0) is 0 Å². The van der Waals surface area contributed by atoms with Crippen LogP contribution in [0.2, 0.25) is 5.02 Å².